The fraction of sp³-hybridized carbons (Fsp3) is 0.885. The molecular weight excluding hydrogens is 1160 g/mol. The summed E-state index contributed by atoms with van der Waals surface area (Å²) in [4.78, 5) is 13.4. The zero-order chi connectivity index (χ0) is 66.6. The van der Waals surface area contributed by atoms with Gasteiger partial charge in [0.05, 0.1) is 32.0 Å². The zero-order valence-corrected chi connectivity index (χ0v) is 59.1. The summed E-state index contributed by atoms with van der Waals surface area (Å²) in [5.74, 6) is -0.199. The van der Waals surface area contributed by atoms with Gasteiger partial charge in [0.25, 0.3) is 0 Å². The van der Waals surface area contributed by atoms with Gasteiger partial charge in [-0.15, -0.1) is 0 Å². The van der Waals surface area contributed by atoms with E-state index in [-0.39, 0.29) is 12.5 Å². The Hall–Kier alpha value is -2.05. The van der Waals surface area contributed by atoms with Gasteiger partial charge in [-0.2, -0.15) is 0 Å². The molecule has 14 nitrogen and oxygen atoms in total. The van der Waals surface area contributed by atoms with Crippen LogP contribution in [0, 0.1) is 0 Å². The number of carbonyl (C=O) groups is 1. The van der Waals surface area contributed by atoms with Crippen molar-refractivity contribution in [3.8, 4) is 0 Å². The van der Waals surface area contributed by atoms with E-state index >= 15 is 0 Å². The Balaban J connectivity index is 1.60. The van der Waals surface area contributed by atoms with Crippen molar-refractivity contribution in [1.29, 1.82) is 0 Å². The van der Waals surface area contributed by atoms with Crippen LogP contribution in [0.1, 0.15) is 348 Å². The summed E-state index contributed by atoms with van der Waals surface area (Å²) in [6.45, 7) is 2.81. The average Bonchev–Trinajstić information content (AvgIpc) is 0.830. The summed E-state index contributed by atoms with van der Waals surface area (Å²) in [5, 5.41) is 87.8. The summed E-state index contributed by atoms with van der Waals surface area (Å²) >= 11 is 0. The third kappa shape index (κ3) is 45.5. The van der Waals surface area contributed by atoms with E-state index in [0.29, 0.717) is 12.8 Å². The van der Waals surface area contributed by atoms with E-state index in [1.807, 2.05) is 0 Å². The lowest BCUT2D eigenvalue weighted by atomic mass is 9.97. The Bertz CT molecular complexity index is 1730. The highest BCUT2D eigenvalue weighted by Gasteiger charge is 2.51. The van der Waals surface area contributed by atoms with Crippen molar-refractivity contribution in [1.82, 2.24) is 5.32 Å². The van der Waals surface area contributed by atoms with Gasteiger partial charge >= 0.3 is 0 Å². The van der Waals surface area contributed by atoms with Gasteiger partial charge in [-0.3, -0.25) is 4.79 Å². The molecule has 2 aliphatic rings. The monoisotopic (exact) mass is 1300 g/mol. The second kappa shape index (κ2) is 62.5. The van der Waals surface area contributed by atoms with Crippen LogP contribution in [0.3, 0.4) is 0 Å². The first kappa shape index (κ1) is 86.0. The molecule has 2 fully saturated rings. The largest absolute Gasteiger partial charge is 0.394 e. The predicted octanol–water partition coefficient (Wildman–Crippen LogP) is 17.0. The number of hydrogen-bond acceptors (Lipinski definition) is 13. The van der Waals surface area contributed by atoms with Gasteiger partial charge < -0.3 is 65.1 Å². The molecular formula is C78H145NO13. The third-order valence-corrected chi connectivity index (χ3v) is 19.1. The molecule has 0 aliphatic carbocycles. The number of rotatable bonds is 65. The van der Waals surface area contributed by atoms with E-state index < -0.39 is 86.8 Å². The Morgan fingerprint density at radius 3 is 1.15 bits per heavy atom. The smallest absolute Gasteiger partial charge is 0.220 e. The van der Waals surface area contributed by atoms with E-state index in [1.54, 1.807) is 0 Å². The van der Waals surface area contributed by atoms with Crippen LogP contribution in [-0.2, 0) is 23.7 Å². The summed E-state index contributed by atoms with van der Waals surface area (Å²) in [5.41, 5.74) is 0. The maximum Gasteiger partial charge on any atom is 0.220 e. The lowest BCUT2D eigenvalue weighted by Crippen LogP contribution is -2.65. The summed E-state index contributed by atoms with van der Waals surface area (Å²) in [6, 6.07) is -0.829. The van der Waals surface area contributed by atoms with Crippen molar-refractivity contribution < 1.29 is 64.6 Å². The van der Waals surface area contributed by atoms with Crippen molar-refractivity contribution in [2.24, 2.45) is 0 Å². The first-order valence-electron chi connectivity index (χ1n) is 38.9. The molecule has 0 aromatic rings. The van der Waals surface area contributed by atoms with Gasteiger partial charge in [0, 0.05) is 6.42 Å². The summed E-state index contributed by atoms with van der Waals surface area (Å²) in [7, 11) is 0. The number of aliphatic hydroxyl groups excluding tert-OH is 8. The molecule has 0 saturated carbocycles. The number of ether oxygens (including phenoxy) is 4. The van der Waals surface area contributed by atoms with Crippen LogP contribution < -0.4 is 5.32 Å². The van der Waals surface area contributed by atoms with Crippen molar-refractivity contribution in [3.63, 3.8) is 0 Å². The lowest BCUT2D eigenvalue weighted by molar-refractivity contribution is -0.359. The summed E-state index contributed by atoms with van der Waals surface area (Å²) in [6.07, 6.45) is 65.7. The van der Waals surface area contributed by atoms with Crippen LogP contribution in [0.15, 0.2) is 48.6 Å². The lowest BCUT2D eigenvalue weighted by Gasteiger charge is -2.46. The van der Waals surface area contributed by atoms with Crippen LogP contribution in [0.5, 0.6) is 0 Å². The molecule has 92 heavy (non-hydrogen) atoms. The molecule has 0 aromatic heterocycles. The summed E-state index contributed by atoms with van der Waals surface area (Å²) < 4.78 is 23.0. The van der Waals surface area contributed by atoms with Crippen LogP contribution in [0.25, 0.3) is 0 Å². The highest BCUT2D eigenvalue weighted by atomic mass is 16.7. The molecule has 1 amide bonds. The quantitative estimate of drug-likeness (QED) is 0.0204. The minimum Gasteiger partial charge on any atom is -0.394 e. The van der Waals surface area contributed by atoms with Gasteiger partial charge in [-0.25, -0.2) is 0 Å². The van der Waals surface area contributed by atoms with Gasteiger partial charge in [0.1, 0.15) is 48.8 Å². The number of nitrogens with one attached hydrogen (secondary N) is 1. The van der Waals surface area contributed by atoms with Crippen LogP contribution in [0.4, 0.5) is 0 Å². The van der Waals surface area contributed by atoms with E-state index in [9.17, 15) is 45.6 Å². The van der Waals surface area contributed by atoms with Crippen LogP contribution in [0.2, 0.25) is 0 Å². The second-order valence-corrected chi connectivity index (χ2v) is 27.5. The van der Waals surface area contributed by atoms with Crippen molar-refractivity contribution in [2.75, 3.05) is 19.8 Å². The topological polar surface area (TPSA) is 228 Å². The van der Waals surface area contributed by atoms with E-state index in [2.05, 4.69) is 67.8 Å². The number of aliphatic hydroxyl groups is 8. The Morgan fingerprint density at radius 1 is 0.402 bits per heavy atom. The number of carbonyl (C=O) groups excluding carboxylic acids is 1. The second-order valence-electron chi connectivity index (χ2n) is 27.5. The molecule has 12 unspecified atom stereocenters. The number of unbranched alkanes of at least 4 members (excludes halogenated alkanes) is 44. The predicted molar refractivity (Wildman–Crippen MR) is 378 cm³/mol. The molecule has 0 spiro atoms. The highest BCUT2D eigenvalue weighted by molar-refractivity contribution is 5.76. The van der Waals surface area contributed by atoms with Gasteiger partial charge in [-0.05, 0) is 51.4 Å². The molecule has 2 rings (SSSR count). The molecule has 2 aliphatic heterocycles. The first-order chi connectivity index (χ1) is 45.1. The molecule has 0 bridgehead atoms. The van der Waals surface area contributed by atoms with Gasteiger partial charge in [0.2, 0.25) is 5.91 Å². The fourth-order valence-corrected chi connectivity index (χ4v) is 12.9. The SMILES string of the molecule is CC/C=C\C/C=C\C/C=C\C/C=C\CCCCCCCCCCCCCCCCCCCCCCCCC(=O)NC(COC1OC(CO)C(OC2OC(CO)C(O)C(O)C2O)C(O)C1O)C(O)CCCCCCCCCCCCCCCCCCCCCCCCC. The molecule has 2 heterocycles. The standard InChI is InChI=1S/C78H145NO13/c1-3-5-7-9-11-13-15-17-19-21-23-25-27-28-29-30-31-32-33-34-35-36-37-38-40-42-44-46-48-50-52-54-56-58-60-62-70(83)79-66(65-89-77-75(88)73(86)76(69(64-81)91-77)92-78-74(87)72(85)71(84)68(63-80)90-78)67(82)61-59-57-55-53-51-49-47-45-43-41-39-26-24-22-20-18-16-14-12-10-8-6-4-2/h5,7,11,13,17,19,23,25,66-69,71-78,80-82,84-88H,3-4,6,8-10,12,14-16,18,20-22,24,26-65H2,1-2H3,(H,79,83)/b7-5-,13-11-,19-17-,25-23-. The molecule has 0 radical (unpaired) electrons. The number of allylic oxidation sites excluding steroid dienone is 8. The van der Waals surface area contributed by atoms with Gasteiger partial charge in [0.15, 0.2) is 12.6 Å². The fourth-order valence-electron chi connectivity index (χ4n) is 12.9. The van der Waals surface area contributed by atoms with E-state index in [4.69, 9.17) is 18.9 Å². The molecule has 2 saturated heterocycles. The van der Waals surface area contributed by atoms with Crippen LogP contribution >= 0.6 is 0 Å². The molecule has 14 heteroatoms. The van der Waals surface area contributed by atoms with Crippen molar-refractivity contribution >= 4 is 5.91 Å². The Morgan fingerprint density at radius 2 is 0.750 bits per heavy atom. The first-order valence-corrected chi connectivity index (χ1v) is 38.9. The molecule has 12 atom stereocenters. The van der Waals surface area contributed by atoms with Crippen molar-refractivity contribution in [2.45, 2.75) is 421 Å². The normalized spacial score (nSPS) is 22.9. The van der Waals surface area contributed by atoms with Crippen LogP contribution in [-0.4, -0.2) is 140 Å². The van der Waals surface area contributed by atoms with Gasteiger partial charge in [-0.1, -0.05) is 339 Å². The molecule has 0 aromatic carbocycles. The van der Waals surface area contributed by atoms with E-state index in [1.165, 1.54) is 244 Å². The Labute approximate surface area is 563 Å². The van der Waals surface area contributed by atoms with Crippen molar-refractivity contribution in [3.05, 3.63) is 48.6 Å². The average molecular weight is 1310 g/mol. The molecule has 9 N–H and O–H groups in total. The number of hydrogen-bond donors (Lipinski definition) is 9. The molecule has 540 valence electrons. The minimum absolute atomic E-state index is 0.199. The maximum absolute atomic E-state index is 13.4. The van der Waals surface area contributed by atoms with E-state index in [0.717, 1.165) is 77.0 Å². The zero-order valence-electron chi connectivity index (χ0n) is 59.1. The Kier molecular flexibility index (Phi) is 58.4. The third-order valence-electron chi connectivity index (χ3n) is 19.1. The number of amides is 1. The maximum atomic E-state index is 13.4. The minimum atomic E-state index is -1.78. The highest BCUT2D eigenvalue weighted by Crippen LogP contribution is 2.30.